The largest absolute Gasteiger partial charge is 0.475 e. The van der Waals surface area contributed by atoms with Crippen molar-refractivity contribution in [2.75, 3.05) is 48.5 Å². The van der Waals surface area contributed by atoms with Crippen LogP contribution < -0.4 is 19.9 Å². The number of carbonyl (C=O) groups excluding carboxylic acids is 2. The quantitative estimate of drug-likeness (QED) is 0.646. The average molecular weight is 470 g/mol. The molecule has 2 bridgehead atoms. The normalized spacial score (nSPS) is 22.3. The molecule has 2 aromatic rings. The number of carbonyl (C=O) groups is 2. The second-order valence-corrected chi connectivity index (χ2v) is 8.70. The van der Waals surface area contributed by atoms with Gasteiger partial charge in [0, 0.05) is 25.4 Å². The number of nitrogens with zero attached hydrogens (tertiary/aromatic N) is 5. The van der Waals surface area contributed by atoms with Gasteiger partial charge in [0.15, 0.2) is 17.3 Å². The molecule has 0 unspecified atom stereocenters. The number of esters is 1. The van der Waals surface area contributed by atoms with E-state index < -0.39 is 17.8 Å². The van der Waals surface area contributed by atoms with E-state index in [1.54, 1.807) is 23.1 Å². The van der Waals surface area contributed by atoms with Crippen molar-refractivity contribution in [2.45, 2.75) is 38.2 Å². The van der Waals surface area contributed by atoms with Crippen LogP contribution in [0.1, 0.15) is 30.8 Å². The molecule has 180 valence electrons. The highest BCUT2D eigenvalue weighted by Gasteiger charge is 2.41. The van der Waals surface area contributed by atoms with Crippen LogP contribution in [0.3, 0.4) is 0 Å². The Morgan fingerprint density at radius 1 is 1.26 bits per heavy atom. The Balaban J connectivity index is 1.31. The van der Waals surface area contributed by atoms with Crippen LogP contribution in [0.25, 0.3) is 0 Å². The van der Waals surface area contributed by atoms with Crippen molar-refractivity contribution in [1.29, 1.82) is 0 Å². The van der Waals surface area contributed by atoms with E-state index in [0.717, 1.165) is 18.7 Å². The Labute approximate surface area is 196 Å². The summed E-state index contributed by atoms with van der Waals surface area (Å²) in [6.07, 6.45) is 2.07. The minimum absolute atomic E-state index is 0.0878. The van der Waals surface area contributed by atoms with E-state index in [-0.39, 0.29) is 30.4 Å². The first-order chi connectivity index (χ1) is 16.3. The van der Waals surface area contributed by atoms with Crippen LogP contribution in [-0.4, -0.2) is 78.3 Å². The number of rotatable bonds is 5. The van der Waals surface area contributed by atoms with Crippen molar-refractivity contribution in [3.8, 4) is 5.88 Å². The smallest absolute Gasteiger partial charge is 0.356 e. The van der Waals surface area contributed by atoms with Gasteiger partial charge in [0.05, 0.1) is 25.4 Å². The SMILES string of the molecule is COC(=O)c1ccc2c(n1)N(C(=O)Nc1nccc(OC[C@@H]3COC(C)(C)O3)n1)[C@H]1CCN2C1. The molecular formula is C22H26N6O6. The van der Waals surface area contributed by atoms with Crippen LogP contribution in [0.4, 0.5) is 22.2 Å². The summed E-state index contributed by atoms with van der Waals surface area (Å²) in [7, 11) is 1.29. The predicted octanol–water partition coefficient (Wildman–Crippen LogP) is 1.82. The number of methoxy groups -OCH3 is 1. The van der Waals surface area contributed by atoms with Crippen LogP contribution in [0.5, 0.6) is 5.88 Å². The molecule has 0 spiro atoms. The van der Waals surface area contributed by atoms with Crippen molar-refractivity contribution in [3.05, 3.63) is 30.1 Å². The maximum absolute atomic E-state index is 13.3. The van der Waals surface area contributed by atoms with Crippen molar-refractivity contribution in [2.24, 2.45) is 0 Å². The summed E-state index contributed by atoms with van der Waals surface area (Å²) >= 11 is 0. The van der Waals surface area contributed by atoms with E-state index in [0.29, 0.717) is 24.8 Å². The first-order valence-corrected chi connectivity index (χ1v) is 11.0. The number of ether oxygens (including phenoxy) is 4. The molecule has 0 saturated carbocycles. The molecule has 0 radical (unpaired) electrons. The molecule has 5 heterocycles. The highest BCUT2D eigenvalue weighted by molar-refractivity contribution is 6.04. The highest BCUT2D eigenvalue weighted by Crippen LogP contribution is 2.39. The third kappa shape index (κ3) is 4.33. The van der Waals surface area contributed by atoms with E-state index in [1.165, 1.54) is 13.3 Å². The van der Waals surface area contributed by atoms with Gasteiger partial charge in [-0.15, -0.1) is 0 Å². The topological polar surface area (TPSA) is 128 Å². The van der Waals surface area contributed by atoms with Gasteiger partial charge in [-0.25, -0.2) is 19.6 Å². The molecule has 2 saturated heterocycles. The van der Waals surface area contributed by atoms with Gasteiger partial charge in [0.1, 0.15) is 12.7 Å². The van der Waals surface area contributed by atoms with Crippen LogP contribution >= 0.6 is 0 Å². The molecule has 2 fully saturated rings. The van der Waals surface area contributed by atoms with Crippen molar-refractivity contribution in [1.82, 2.24) is 15.0 Å². The molecule has 3 aliphatic rings. The van der Waals surface area contributed by atoms with Gasteiger partial charge in [-0.1, -0.05) is 0 Å². The first kappa shape index (κ1) is 22.3. The van der Waals surface area contributed by atoms with E-state index >= 15 is 0 Å². The molecular weight excluding hydrogens is 444 g/mol. The maximum Gasteiger partial charge on any atom is 0.356 e. The Morgan fingerprint density at radius 3 is 2.88 bits per heavy atom. The zero-order valence-electron chi connectivity index (χ0n) is 19.2. The Bertz CT molecular complexity index is 1110. The summed E-state index contributed by atoms with van der Waals surface area (Å²) in [5.41, 5.74) is 0.922. The summed E-state index contributed by atoms with van der Waals surface area (Å²) in [5.74, 6) is -0.401. The molecule has 3 aliphatic heterocycles. The van der Waals surface area contributed by atoms with Crippen LogP contribution in [-0.2, 0) is 14.2 Å². The Hall–Kier alpha value is -3.51. The molecule has 0 aliphatic carbocycles. The van der Waals surface area contributed by atoms with Gasteiger partial charge in [0.2, 0.25) is 11.8 Å². The fourth-order valence-corrected chi connectivity index (χ4v) is 4.35. The second kappa shape index (κ2) is 8.69. The van der Waals surface area contributed by atoms with Gasteiger partial charge in [0.25, 0.3) is 0 Å². The third-order valence-corrected chi connectivity index (χ3v) is 5.90. The number of amides is 2. The van der Waals surface area contributed by atoms with Crippen LogP contribution in [0.2, 0.25) is 0 Å². The summed E-state index contributed by atoms with van der Waals surface area (Å²) in [6, 6.07) is 4.47. The van der Waals surface area contributed by atoms with Crippen molar-refractivity contribution >= 4 is 29.5 Å². The fraction of sp³-hybridized carbons (Fsp3) is 0.500. The lowest BCUT2D eigenvalue weighted by Gasteiger charge is -2.35. The molecule has 2 aromatic heterocycles. The summed E-state index contributed by atoms with van der Waals surface area (Å²) in [6.45, 7) is 5.85. The predicted molar refractivity (Wildman–Crippen MR) is 120 cm³/mol. The highest BCUT2D eigenvalue weighted by atomic mass is 16.7. The molecule has 12 heteroatoms. The Morgan fingerprint density at radius 2 is 2.12 bits per heavy atom. The number of hydrogen-bond acceptors (Lipinski definition) is 10. The van der Waals surface area contributed by atoms with Crippen molar-refractivity contribution < 1.29 is 28.5 Å². The van der Waals surface area contributed by atoms with Gasteiger partial charge < -0.3 is 23.8 Å². The second-order valence-electron chi connectivity index (χ2n) is 8.70. The van der Waals surface area contributed by atoms with E-state index in [1.807, 2.05) is 13.8 Å². The summed E-state index contributed by atoms with van der Waals surface area (Å²) in [4.78, 5) is 41.9. The fourth-order valence-electron chi connectivity index (χ4n) is 4.35. The lowest BCUT2D eigenvalue weighted by Crippen LogP contribution is -2.48. The third-order valence-electron chi connectivity index (χ3n) is 5.90. The van der Waals surface area contributed by atoms with E-state index in [9.17, 15) is 9.59 Å². The summed E-state index contributed by atoms with van der Waals surface area (Å²) < 4.78 is 21.8. The van der Waals surface area contributed by atoms with Crippen LogP contribution in [0.15, 0.2) is 24.4 Å². The zero-order chi connectivity index (χ0) is 23.9. The number of anilines is 3. The molecule has 5 rings (SSSR count). The average Bonchev–Trinajstić information content (AvgIpc) is 3.40. The number of fused-ring (bicyclic) bond motifs is 4. The molecule has 0 aromatic carbocycles. The summed E-state index contributed by atoms with van der Waals surface area (Å²) in [5, 5.41) is 2.73. The number of nitrogens with one attached hydrogen (secondary N) is 1. The minimum atomic E-state index is -0.638. The van der Waals surface area contributed by atoms with Gasteiger partial charge in [-0.2, -0.15) is 4.98 Å². The van der Waals surface area contributed by atoms with E-state index in [4.69, 9.17) is 18.9 Å². The zero-order valence-corrected chi connectivity index (χ0v) is 19.2. The van der Waals surface area contributed by atoms with Gasteiger partial charge in [-0.3, -0.25) is 10.2 Å². The number of urea groups is 1. The Kier molecular flexibility index (Phi) is 5.70. The number of aromatic nitrogens is 3. The standard InChI is InChI=1S/C22H26N6O6/c1-22(2)33-12-14(34-22)11-32-17-6-8-23-20(25-17)26-21(30)28-13-7-9-27(10-13)16-5-4-15(19(29)31-3)24-18(16)28/h4-6,8,13-14H,7,9-12H2,1-3H3,(H,23,25,26,30)/t13-,14+/m0/s1. The first-order valence-electron chi connectivity index (χ1n) is 11.0. The molecule has 1 N–H and O–H groups in total. The number of hydrogen-bond donors (Lipinski definition) is 1. The van der Waals surface area contributed by atoms with Crippen molar-refractivity contribution in [3.63, 3.8) is 0 Å². The molecule has 34 heavy (non-hydrogen) atoms. The van der Waals surface area contributed by atoms with Gasteiger partial charge in [-0.05, 0) is 32.4 Å². The minimum Gasteiger partial charge on any atom is -0.475 e. The monoisotopic (exact) mass is 470 g/mol. The van der Waals surface area contributed by atoms with Crippen LogP contribution in [0, 0.1) is 0 Å². The molecule has 2 atom stereocenters. The maximum atomic E-state index is 13.3. The lowest BCUT2D eigenvalue weighted by atomic mass is 10.2. The van der Waals surface area contributed by atoms with E-state index in [2.05, 4.69) is 25.2 Å². The van der Waals surface area contributed by atoms with Gasteiger partial charge >= 0.3 is 12.0 Å². The lowest BCUT2D eigenvalue weighted by molar-refractivity contribution is -0.141. The molecule has 12 nitrogen and oxygen atoms in total. The molecule has 2 amide bonds. The number of pyridine rings is 1.